The molecule has 1 aromatic carbocycles. The third-order valence-corrected chi connectivity index (χ3v) is 3.83. The molecule has 1 fully saturated rings. The van der Waals surface area contributed by atoms with Crippen molar-refractivity contribution in [2.24, 2.45) is 0 Å². The number of benzene rings is 1. The summed E-state index contributed by atoms with van der Waals surface area (Å²) in [5, 5.41) is 3.44. The van der Waals surface area contributed by atoms with Crippen LogP contribution in [0, 0.1) is 5.82 Å². The lowest BCUT2D eigenvalue weighted by Gasteiger charge is -2.34. The Kier molecular flexibility index (Phi) is 5.31. The summed E-state index contributed by atoms with van der Waals surface area (Å²) in [5.74, 6) is -0.151. The molecule has 2 rings (SSSR count). The zero-order valence-corrected chi connectivity index (χ0v) is 11.9. The van der Waals surface area contributed by atoms with Crippen molar-refractivity contribution in [1.82, 2.24) is 15.1 Å². The van der Waals surface area contributed by atoms with Gasteiger partial charge in [0.05, 0.1) is 0 Å². The standard InChI is InChI=1S/C15H24FN3/c1-18(12-13-4-3-5-14(16)10-13)8-6-15-11-17-7-9-19(15)2/h3-5,10,15,17H,6-9,11-12H2,1-2H3. The van der Waals surface area contributed by atoms with Crippen LogP contribution in [-0.4, -0.2) is 56.1 Å². The predicted molar refractivity (Wildman–Crippen MR) is 76.6 cm³/mol. The van der Waals surface area contributed by atoms with Crippen molar-refractivity contribution in [2.75, 3.05) is 40.3 Å². The van der Waals surface area contributed by atoms with Gasteiger partial charge < -0.3 is 15.1 Å². The number of hydrogen-bond donors (Lipinski definition) is 1. The largest absolute Gasteiger partial charge is 0.314 e. The quantitative estimate of drug-likeness (QED) is 0.871. The van der Waals surface area contributed by atoms with Gasteiger partial charge >= 0.3 is 0 Å². The lowest BCUT2D eigenvalue weighted by Crippen LogP contribution is -2.50. The first kappa shape index (κ1) is 14.4. The molecule has 0 aromatic heterocycles. The molecule has 0 aliphatic carbocycles. The van der Waals surface area contributed by atoms with Gasteiger partial charge in [0.2, 0.25) is 0 Å². The van der Waals surface area contributed by atoms with Crippen LogP contribution in [0.25, 0.3) is 0 Å². The summed E-state index contributed by atoms with van der Waals surface area (Å²) in [6.45, 7) is 5.13. The Morgan fingerprint density at radius 2 is 2.32 bits per heavy atom. The molecule has 1 aromatic rings. The molecule has 1 unspecified atom stereocenters. The van der Waals surface area contributed by atoms with Gasteiger partial charge in [0.25, 0.3) is 0 Å². The highest BCUT2D eigenvalue weighted by molar-refractivity contribution is 5.15. The summed E-state index contributed by atoms with van der Waals surface area (Å²) in [4.78, 5) is 4.68. The summed E-state index contributed by atoms with van der Waals surface area (Å²) in [5.41, 5.74) is 1.04. The monoisotopic (exact) mass is 265 g/mol. The van der Waals surface area contributed by atoms with E-state index >= 15 is 0 Å². The smallest absolute Gasteiger partial charge is 0.123 e. The first-order chi connectivity index (χ1) is 9.15. The number of hydrogen-bond acceptors (Lipinski definition) is 3. The van der Waals surface area contributed by atoms with E-state index in [0.29, 0.717) is 6.04 Å². The topological polar surface area (TPSA) is 18.5 Å². The lowest BCUT2D eigenvalue weighted by molar-refractivity contribution is 0.171. The van der Waals surface area contributed by atoms with Gasteiger partial charge in [-0.25, -0.2) is 4.39 Å². The highest BCUT2D eigenvalue weighted by atomic mass is 19.1. The van der Waals surface area contributed by atoms with Crippen molar-refractivity contribution in [3.63, 3.8) is 0 Å². The Balaban J connectivity index is 1.76. The van der Waals surface area contributed by atoms with Crippen LogP contribution in [0.5, 0.6) is 0 Å². The van der Waals surface area contributed by atoms with Gasteiger partial charge in [0.1, 0.15) is 5.82 Å². The van der Waals surface area contributed by atoms with Crippen LogP contribution < -0.4 is 5.32 Å². The van der Waals surface area contributed by atoms with Crippen molar-refractivity contribution in [1.29, 1.82) is 0 Å². The molecule has 1 heterocycles. The van der Waals surface area contributed by atoms with Gasteiger partial charge in [0.15, 0.2) is 0 Å². The Bertz CT molecular complexity index is 397. The van der Waals surface area contributed by atoms with Crippen LogP contribution in [0.3, 0.4) is 0 Å². The molecule has 1 aliphatic rings. The Morgan fingerprint density at radius 1 is 1.47 bits per heavy atom. The van der Waals surface area contributed by atoms with Crippen LogP contribution in [0.2, 0.25) is 0 Å². The molecule has 0 radical (unpaired) electrons. The molecular weight excluding hydrogens is 241 g/mol. The summed E-state index contributed by atoms with van der Waals surface area (Å²) in [7, 11) is 4.29. The molecule has 4 heteroatoms. The number of nitrogens with one attached hydrogen (secondary N) is 1. The van der Waals surface area contributed by atoms with E-state index in [1.807, 2.05) is 6.07 Å². The minimum absolute atomic E-state index is 0.151. The van der Waals surface area contributed by atoms with E-state index < -0.39 is 0 Å². The van der Waals surface area contributed by atoms with Gasteiger partial charge in [-0.3, -0.25) is 0 Å². The maximum Gasteiger partial charge on any atom is 0.123 e. The summed E-state index contributed by atoms with van der Waals surface area (Å²) >= 11 is 0. The summed E-state index contributed by atoms with van der Waals surface area (Å²) in [6, 6.07) is 7.48. The summed E-state index contributed by atoms with van der Waals surface area (Å²) in [6.07, 6.45) is 1.15. The number of rotatable bonds is 5. The molecule has 0 bridgehead atoms. The van der Waals surface area contributed by atoms with Gasteiger partial charge in [-0.2, -0.15) is 0 Å². The number of likely N-dealkylation sites (N-methyl/N-ethyl adjacent to an activating group) is 1. The third-order valence-electron chi connectivity index (χ3n) is 3.83. The highest BCUT2D eigenvalue weighted by Crippen LogP contribution is 2.09. The maximum atomic E-state index is 13.1. The Morgan fingerprint density at radius 3 is 3.05 bits per heavy atom. The average molecular weight is 265 g/mol. The molecule has 1 saturated heterocycles. The fraction of sp³-hybridized carbons (Fsp3) is 0.600. The first-order valence-electron chi connectivity index (χ1n) is 6.99. The summed E-state index contributed by atoms with van der Waals surface area (Å²) < 4.78 is 13.1. The van der Waals surface area contributed by atoms with Crippen LogP contribution in [0.1, 0.15) is 12.0 Å². The lowest BCUT2D eigenvalue weighted by atomic mass is 10.1. The molecule has 106 valence electrons. The Labute approximate surface area is 115 Å². The second kappa shape index (κ2) is 6.98. The molecule has 0 saturated carbocycles. The molecule has 1 aliphatic heterocycles. The predicted octanol–water partition coefficient (Wildman–Crippen LogP) is 1.55. The van der Waals surface area contributed by atoms with E-state index in [0.717, 1.165) is 44.7 Å². The fourth-order valence-corrected chi connectivity index (χ4v) is 2.58. The minimum atomic E-state index is -0.151. The zero-order valence-electron chi connectivity index (χ0n) is 11.9. The van der Waals surface area contributed by atoms with Gasteiger partial charge in [-0.05, 0) is 44.8 Å². The van der Waals surface area contributed by atoms with E-state index in [4.69, 9.17) is 0 Å². The van der Waals surface area contributed by atoms with Gasteiger partial charge in [-0.1, -0.05) is 12.1 Å². The van der Waals surface area contributed by atoms with Crippen molar-refractivity contribution in [3.05, 3.63) is 35.6 Å². The van der Waals surface area contributed by atoms with Crippen molar-refractivity contribution in [2.45, 2.75) is 19.0 Å². The average Bonchev–Trinajstić information content (AvgIpc) is 2.38. The van der Waals surface area contributed by atoms with Crippen LogP contribution in [0.15, 0.2) is 24.3 Å². The molecule has 0 spiro atoms. The number of nitrogens with zero attached hydrogens (tertiary/aromatic N) is 2. The third kappa shape index (κ3) is 4.56. The van der Waals surface area contributed by atoms with Crippen molar-refractivity contribution < 1.29 is 4.39 Å². The zero-order chi connectivity index (χ0) is 13.7. The van der Waals surface area contributed by atoms with Crippen LogP contribution in [0.4, 0.5) is 4.39 Å². The van der Waals surface area contributed by atoms with E-state index in [1.165, 1.54) is 6.07 Å². The van der Waals surface area contributed by atoms with Crippen LogP contribution >= 0.6 is 0 Å². The second-order valence-corrected chi connectivity index (χ2v) is 5.49. The number of piperazine rings is 1. The normalized spacial score (nSPS) is 20.9. The number of halogens is 1. The SMILES string of the molecule is CN(CCC1CNCCN1C)Cc1cccc(F)c1. The van der Waals surface area contributed by atoms with Crippen LogP contribution in [-0.2, 0) is 6.54 Å². The second-order valence-electron chi connectivity index (χ2n) is 5.49. The fourth-order valence-electron chi connectivity index (χ4n) is 2.58. The molecule has 19 heavy (non-hydrogen) atoms. The van der Waals surface area contributed by atoms with E-state index in [9.17, 15) is 4.39 Å². The minimum Gasteiger partial charge on any atom is -0.314 e. The molecule has 1 N–H and O–H groups in total. The maximum absolute atomic E-state index is 13.1. The van der Waals surface area contributed by atoms with E-state index in [2.05, 4.69) is 29.2 Å². The molecular formula is C15H24FN3. The van der Waals surface area contributed by atoms with Crippen molar-refractivity contribution >= 4 is 0 Å². The van der Waals surface area contributed by atoms with Crippen molar-refractivity contribution in [3.8, 4) is 0 Å². The molecule has 3 nitrogen and oxygen atoms in total. The van der Waals surface area contributed by atoms with Gasteiger partial charge in [0, 0.05) is 32.2 Å². The Hall–Kier alpha value is -0.970. The molecule has 0 amide bonds. The van der Waals surface area contributed by atoms with E-state index in [-0.39, 0.29) is 5.82 Å². The highest BCUT2D eigenvalue weighted by Gasteiger charge is 2.18. The van der Waals surface area contributed by atoms with Gasteiger partial charge in [-0.15, -0.1) is 0 Å². The first-order valence-corrected chi connectivity index (χ1v) is 6.99. The van der Waals surface area contributed by atoms with E-state index in [1.54, 1.807) is 12.1 Å². The molecule has 1 atom stereocenters.